The number of benzene rings is 2. The fourth-order valence-corrected chi connectivity index (χ4v) is 4.41. The molecule has 0 saturated carbocycles. The van der Waals surface area contributed by atoms with Gasteiger partial charge in [0.15, 0.2) is 0 Å². The highest BCUT2D eigenvalue weighted by Gasteiger charge is 2.25. The van der Waals surface area contributed by atoms with E-state index >= 15 is 0 Å². The Hall–Kier alpha value is -2.53. The Kier molecular flexibility index (Phi) is 7.04. The molecule has 1 saturated heterocycles. The monoisotopic (exact) mass is 436 g/mol. The van der Waals surface area contributed by atoms with Gasteiger partial charge in [0, 0.05) is 39.1 Å². The quantitative estimate of drug-likeness (QED) is 0.649. The number of ether oxygens (including phenoxy) is 2. The Labute approximate surface area is 192 Å². The van der Waals surface area contributed by atoms with E-state index in [1.807, 2.05) is 25.7 Å². The molecule has 32 heavy (non-hydrogen) atoms. The number of hydrogen-bond donors (Lipinski definition) is 0. The van der Waals surface area contributed by atoms with Crippen LogP contribution in [0.5, 0.6) is 5.75 Å². The normalized spacial score (nSPS) is 16.7. The van der Waals surface area contributed by atoms with E-state index in [2.05, 4.69) is 47.4 Å². The first kappa shape index (κ1) is 22.7. The molecule has 4 rings (SSSR count). The van der Waals surface area contributed by atoms with Gasteiger partial charge in [0.25, 0.3) is 0 Å². The van der Waals surface area contributed by atoms with Crippen LogP contribution in [0, 0.1) is 0 Å². The largest absolute Gasteiger partial charge is 0.493 e. The van der Waals surface area contributed by atoms with E-state index in [-0.39, 0.29) is 6.09 Å². The summed E-state index contributed by atoms with van der Waals surface area (Å²) in [5, 5.41) is 0. The summed E-state index contributed by atoms with van der Waals surface area (Å²) >= 11 is 0. The average Bonchev–Trinajstić information content (AvgIpc) is 3.22. The summed E-state index contributed by atoms with van der Waals surface area (Å²) in [6, 6.07) is 15.4. The minimum Gasteiger partial charge on any atom is -0.493 e. The van der Waals surface area contributed by atoms with Gasteiger partial charge in [-0.15, -0.1) is 0 Å². The van der Waals surface area contributed by atoms with Gasteiger partial charge in [0.2, 0.25) is 0 Å². The van der Waals surface area contributed by atoms with Gasteiger partial charge in [-0.25, -0.2) is 4.79 Å². The first-order chi connectivity index (χ1) is 15.4. The number of carbonyl (C=O) groups excluding carboxylic acids is 1. The molecule has 5 heteroatoms. The van der Waals surface area contributed by atoms with Crippen molar-refractivity contribution in [2.24, 2.45) is 0 Å². The lowest BCUT2D eigenvalue weighted by molar-refractivity contribution is 0.0139. The van der Waals surface area contributed by atoms with Crippen molar-refractivity contribution in [1.29, 1.82) is 0 Å². The van der Waals surface area contributed by atoms with E-state index in [9.17, 15) is 4.79 Å². The molecule has 0 radical (unpaired) electrons. The molecular formula is C27H36N2O3. The number of carbonyl (C=O) groups is 1. The number of nitrogens with zero attached hydrogens (tertiary/aromatic N) is 2. The number of piperazine rings is 1. The van der Waals surface area contributed by atoms with Gasteiger partial charge in [-0.3, -0.25) is 4.90 Å². The van der Waals surface area contributed by atoms with Crippen LogP contribution in [0.25, 0.3) is 0 Å². The van der Waals surface area contributed by atoms with E-state index in [1.54, 1.807) is 0 Å². The lowest BCUT2D eigenvalue weighted by atomic mass is 10.1. The molecule has 2 aliphatic rings. The highest BCUT2D eigenvalue weighted by Crippen LogP contribution is 2.26. The number of hydrogen-bond acceptors (Lipinski definition) is 4. The number of aryl methyl sites for hydroxylation is 2. The smallest absolute Gasteiger partial charge is 0.410 e. The molecule has 1 amide bonds. The zero-order valence-corrected chi connectivity index (χ0v) is 19.7. The third-order valence-electron chi connectivity index (χ3n) is 6.18. The van der Waals surface area contributed by atoms with Crippen LogP contribution in [0.3, 0.4) is 0 Å². The first-order valence-corrected chi connectivity index (χ1v) is 11.9. The van der Waals surface area contributed by atoms with Gasteiger partial charge in [-0.05, 0) is 74.4 Å². The zero-order valence-electron chi connectivity index (χ0n) is 19.7. The van der Waals surface area contributed by atoms with Crippen LogP contribution in [0.4, 0.5) is 4.79 Å². The van der Waals surface area contributed by atoms with Crippen molar-refractivity contribution in [1.82, 2.24) is 9.80 Å². The third kappa shape index (κ3) is 6.26. The summed E-state index contributed by atoms with van der Waals surface area (Å²) in [6.07, 6.45) is 4.37. The molecule has 1 aliphatic carbocycles. The Balaban J connectivity index is 1.19. The van der Waals surface area contributed by atoms with Crippen molar-refractivity contribution >= 4 is 6.09 Å². The Morgan fingerprint density at radius 2 is 1.59 bits per heavy atom. The van der Waals surface area contributed by atoms with Crippen LogP contribution in [0.15, 0.2) is 42.5 Å². The molecule has 2 aromatic rings. The maximum absolute atomic E-state index is 12.2. The van der Waals surface area contributed by atoms with Crippen LogP contribution >= 0.6 is 0 Å². The van der Waals surface area contributed by atoms with E-state index in [0.29, 0.717) is 19.7 Å². The van der Waals surface area contributed by atoms with Crippen molar-refractivity contribution in [2.75, 3.05) is 32.8 Å². The molecule has 5 nitrogen and oxygen atoms in total. The van der Waals surface area contributed by atoms with Gasteiger partial charge < -0.3 is 14.4 Å². The molecule has 0 aromatic heterocycles. The van der Waals surface area contributed by atoms with Gasteiger partial charge >= 0.3 is 6.09 Å². The first-order valence-electron chi connectivity index (χ1n) is 11.9. The second-order valence-corrected chi connectivity index (χ2v) is 9.94. The summed E-state index contributed by atoms with van der Waals surface area (Å²) in [7, 11) is 0. The van der Waals surface area contributed by atoms with Gasteiger partial charge in [0.1, 0.15) is 11.4 Å². The van der Waals surface area contributed by atoms with Crippen molar-refractivity contribution in [3.05, 3.63) is 64.7 Å². The van der Waals surface area contributed by atoms with E-state index in [0.717, 1.165) is 31.8 Å². The summed E-state index contributed by atoms with van der Waals surface area (Å²) in [5.41, 5.74) is 5.10. The molecule has 2 aromatic carbocycles. The maximum Gasteiger partial charge on any atom is 0.410 e. The standard InChI is InChI=1S/C27H36N2O3/c1-27(2,3)32-26(30)29-16-14-28(15-17-29)20-22-9-7-21(8-10-22)13-18-31-25-12-11-23-5-4-6-24(23)19-25/h7-12,19H,4-6,13-18,20H2,1-3H3. The Morgan fingerprint density at radius 3 is 2.31 bits per heavy atom. The topological polar surface area (TPSA) is 42.0 Å². The van der Waals surface area contributed by atoms with Gasteiger partial charge in [0.05, 0.1) is 6.61 Å². The molecular weight excluding hydrogens is 400 g/mol. The summed E-state index contributed by atoms with van der Waals surface area (Å²) in [6.45, 7) is 10.5. The molecule has 172 valence electrons. The Morgan fingerprint density at radius 1 is 0.906 bits per heavy atom. The van der Waals surface area contributed by atoms with E-state index < -0.39 is 5.60 Å². The predicted molar refractivity (Wildman–Crippen MR) is 127 cm³/mol. The molecule has 0 bridgehead atoms. The number of rotatable bonds is 6. The van der Waals surface area contributed by atoms with Crippen molar-refractivity contribution < 1.29 is 14.3 Å². The molecule has 1 aliphatic heterocycles. The molecule has 0 unspecified atom stereocenters. The van der Waals surface area contributed by atoms with Crippen molar-refractivity contribution in [3.8, 4) is 5.75 Å². The van der Waals surface area contributed by atoms with Gasteiger partial charge in [-0.1, -0.05) is 30.3 Å². The van der Waals surface area contributed by atoms with Crippen LogP contribution in [-0.4, -0.2) is 54.3 Å². The fourth-order valence-electron chi connectivity index (χ4n) is 4.41. The maximum atomic E-state index is 12.2. The molecule has 0 spiro atoms. The molecule has 0 N–H and O–H groups in total. The van der Waals surface area contributed by atoms with E-state index in [1.165, 1.54) is 41.5 Å². The van der Waals surface area contributed by atoms with Crippen molar-refractivity contribution in [3.63, 3.8) is 0 Å². The minimum absolute atomic E-state index is 0.205. The molecule has 1 heterocycles. The SMILES string of the molecule is CC(C)(C)OC(=O)N1CCN(Cc2ccc(CCOc3ccc4c(c3)CCC4)cc2)CC1. The van der Waals surface area contributed by atoms with Crippen LogP contribution in [0.2, 0.25) is 0 Å². The lowest BCUT2D eigenvalue weighted by Crippen LogP contribution is -2.49. The second kappa shape index (κ2) is 9.95. The van der Waals surface area contributed by atoms with Gasteiger partial charge in [-0.2, -0.15) is 0 Å². The highest BCUT2D eigenvalue weighted by molar-refractivity contribution is 5.68. The molecule has 1 fully saturated rings. The minimum atomic E-state index is -0.442. The summed E-state index contributed by atoms with van der Waals surface area (Å²) in [4.78, 5) is 16.4. The van der Waals surface area contributed by atoms with Crippen LogP contribution in [0.1, 0.15) is 49.4 Å². The van der Waals surface area contributed by atoms with E-state index in [4.69, 9.17) is 9.47 Å². The van der Waals surface area contributed by atoms with Crippen molar-refractivity contribution in [2.45, 2.75) is 58.6 Å². The zero-order chi connectivity index (χ0) is 22.6. The Bertz CT molecular complexity index is 909. The fraction of sp³-hybridized carbons (Fsp3) is 0.519. The third-order valence-corrected chi connectivity index (χ3v) is 6.18. The van der Waals surface area contributed by atoms with Crippen LogP contribution in [-0.2, 0) is 30.5 Å². The summed E-state index contributed by atoms with van der Waals surface area (Å²) in [5.74, 6) is 0.993. The predicted octanol–water partition coefficient (Wildman–Crippen LogP) is 4.85. The number of fused-ring (bicyclic) bond motifs is 1. The highest BCUT2D eigenvalue weighted by atomic mass is 16.6. The van der Waals surface area contributed by atoms with Crippen LogP contribution < -0.4 is 4.74 Å². The molecule has 0 atom stereocenters. The lowest BCUT2D eigenvalue weighted by Gasteiger charge is -2.35. The summed E-state index contributed by atoms with van der Waals surface area (Å²) < 4.78 is 11.5. The second-order valence-electron chi connectivity index (χ2n) is 9.94. The average molecular weight is 437 g/mol. The number of amides is 1.